The van der Waals surface area contributed by atoms with E-state index in [-0.39, 0.29) is 5.91 Å². The zero-order valence-electron chi connectivity index (χ0n) is 11.3. The third kappa shape index (κ3) is 2.45. The summed E-state index contributed by atoms with van der Waals surface area (Å²) in [6.45, 7) is 4.04. The van der Waals surface area contributed by atoms with Crippen LogP contribution in [0.4, 0.5) is 0 Å². The number of rotatable bonds is 5. The average Bonchev–Trinajstić information content (AvgIpc) is 2.66. The van der Waals surface area contributed by atoms with Gasteiger partial charge >= 0.3 is 5.97 Å². The van der Waals surface area contributed by atoms with Crippen LogP contribution >= 0.6 is 0 Å². The summed E-state index contributed by atoms with van der Waals surface area (Å²) in [7, 11) is 1.83. The zero-order chi connectivity index (χ0) is 14.2. The molecule has 1 heterocycles. The van der Waals surface area contributed by atoms with Gasteiger partial charge in [-0.2, -0.15) is 0 Å². The molecular weight excluding hydrogens is 248 g/mol. The molecule has 0 spiro atoms. The Morgan fingerprint density at radius 2 is 2.16 bits per heavy atom. The van der Waals surface area contributed by atoms with Crippen LogP contribution < -0.4 is 5.32 Å². The molecule has 0 bridgehead atoms. The third-order valence-corrected chi connectivity index (χ3v) is 3.83. The van der Waals surface area contributed by atoms with Crippen molar-refractivity contribution in [1.29, 1.82) is 0 Å². The molecule has 0 radical (unpaired) electrons. The number of hydrogen-bond acceptors (Lipinski definition) is 4. The first-order valence-corrected chi connectivity index (χ1v) is 6.19. The molecule has 19 heavy (non-hydrogen) atoms. The Labute approximate surface area is 111 Å². The first-order valence-electron chi connectivity index (χ1n) is 6.19. The average molecular weight is 266 g/mol. The van der Waals surface area contributed by atoms with Crippen molar-refractivity contribution in [2.45, 2.75) is 20.3 Å². The van der Waals surface area contributed by atoms with Crippen molar-refractivity contribution in [3.63, 3.8) is 0 Å². The molecule has 1 aromatic heterocycles. The van der Waals surface area contributed by atoms with Gasteiger partial charge in [0.2, 0.25) is 5.91 Å². The van der Waals surface area contributed by atoms with Crippen molar-refractivity contribution in [2.24, 2.45) is 24.3 Å². The molecule has 1 aliphatic rings. The fourth-order valence-corrected chi connectivity index (χ4v) is 2.53. The first kappa shape index (κ1) is 13.5. The topological polar surface area (TPSA) is 97.1 Å². The van der Waals surface area contributed by atoms with Crippen LogP contribution in [0.25, 0.3) is 0 Å². The van der Waals surface area contributed by atoms with Crippen molar-refractivity contribution in [3.05, 3.63) is 12.2 Å². The molecular formula is C12H18N4O3. The van der Waals surface area contributed by atoms with Crippen LogP contribution in [0.15, 0.2) is 6.33 Å². The number of aromatic nitrogens is 3. The number of aryl methyl sites for hydroxylation is 1. The van der Waals surface area contributed by atoms with Crippen molar-refractivity contribution in [3.8, 4) is 0 Å². The molecule has 0 saturated heterocycles. The van der Waals surface area contributed by atoms with Crippen LogP contribution in [0.1, 0.15) is 19.7 Å². The molecule has 0 aliphatic heterocycles. The minimum atomic E-state index is -0.904. The molecule has 2 rings (SSSR count). The molecule has 1 saturated carbocycles. The van der Waals surface area contributed by atoms with Gasteiger partial charge in [0.25, 0.3) is 0 Å². The molecule has 1 amide bonds. The number of hydrogen-bond donors (Lipinski definition) is 2. The molecule has 7 nitrogen and oxygen atoms in total. The highest BCUT2D eigenvalue weighted by Crippen LogP contribution is 2.58. The van der Waals surface area contributed by atoms with Gasteiger partial charge in [-0.3, -0.25) is 9.59 Å². The molecule has 2 N–H and O–H groups in total. The van der Waals surface area contributed by atoms with Crippen LogP contribution in [0, 0.1) is 17.3 Å². The number of carbonyl (C=O) groups excluding carboxylic acids is 1. The summed E-state index contributed by atoms with van der Waals surface area (Å²) in [4.78, 5) is 22.9. The van der Waals surface area contributed by atoms with Crippen LogP contribution in [0.3, 0.4) is 0 Å². The van der Waals surface area contributed by atoms with Gasteiger partial charge in [-0.1, -0.05) is 13.8 Å². The van der Waals surface area contributed by atoms with Crippen molar-refractivity contribution >= 4 is 11.9 Å². The number of carboxylic acids is 1. The Kier molecular flexibility index (Phi) is 3.30. The van der Waals surface area contributed by atoms with E-state index < -0.39 is 23.2 Å². The van der Waals surface area contributed by atoms with Gasteiger partial charge in [0.05, 0.1) is 11.8 Å². The minimum absolute atomic E-state index is 0.195. The van der Waals surface area contributed by atoms with Crippen LogP contribution in [0.2, 0.25) is 0 Å². The second-order valence-corrected chi connectivity index (χ2v) is 5.51. The second kappa shape index (κ2) is 4.64. The Balaban J connectivity index is 1.83. The standard InChI is InChI=1S/C12H18N4O3/c1-12(2)8(9(12)11(18)19)10(17)13-5-4-7-15-14-6-16(7)3/h6,8-9H,4-5H2,1-3H3,(H,13,17)(H,18,19)/t8-,9+/m1/s1. The lowest BCUT2D eigenvalue weighted by Gasteiger charge is -2.05. The molecule has 1 aliphatic carbocycles. The predicted molar refractivity (Wildman–Crippen MR) is 66.1 cm³/mol. The lowest BCUT2D eigenvalue weighted by Crippen LogP contribution is -2.29. The van der Waals surface area contributed by atoms with Crippen LogP contribution in [-0.2, 0) is 23.1 Å². The highest BCUT2D eigenvalue weighted by molar-refractivity contribution is 5.91. The van der Waals surface area contributed by atoms with Crippen molar-refractivity contribution < 1.29 is 14.7 Å². The highest BCUT2D eigenvalue weighted by atomic mass is 16.4. The normalized spacial score (nSPS) is 23.9. The summed E-state index contributed by atoms with van der Waals surface area (Å²) in [6, 6.07) is 0. The van der Waals surface area contributed by atoms with E-state index in [1.807, 2.05) is 7.05 Å². The maximum absolute atomic E-state index is 11.9. The van der Waals surface area contributed by atoms with Crippen molar-refractivity contribution in [2.75, 3.05) is 6.54 Å². The Morgan fingerprint density at radius 3 is 2.63 bits per heavy atom. The summed E-state index contributed by atoms with van der Waals surface area (Å²) in [5.41, 5.74) is -0.458. The van der Waals surface area contributed by atoms with Gasteiger partial charge < -0.3 is 15.0 Å². The van der Waals surface area contributed by atoms with Crippen LogP contribution in [-0.4, -0.2) is 38.3 Å². The first-order chi connectivity index (χ1) is 8.85. The molecule has 1 fully saturated rings. The molecule has 0 aromatic carbocycles. The van der Waals surface area contributed by atoms with E-state index in [1.165, 1.54) is 0 Å². The van der Waals surface area contributed by atoms with E-state index in [0.717, 1.165) is 5.82 Å². The summed E-state index contributed by atoms with van der Waals surface area (Å²) in [5, 5.41) is 19.4. The van der Waals surface area contributed by atoms with E-state index in [4.69, 9.17) is 5.11 Å². The van der Waals surface area contributed by atoms with Gasteiger partial charge in [0.1, 0.15) is 12.2 Å². The number of carboxylic acid groups (broad SMARTS) is 1. The number of amides is 1. The van der Waals surface area contributed by atoms with E-state index in [0.29, 0.717) is 13.0 Å². The van der Waals surface area contributed by atoms with E-state index in [1.54, 1.807) is 24.7 Å². The summed E-state index contributed by atoms with van der Waals surface area (Å²) >= 11 is 0. The lowest BCUT2D eigenvalue weighted by molar-refractivity contribution is -0.140. The lowest BCUT2D eigenvalue weighted by atomic mass is 10.1. The van der Waals surface area contributed by atoms with E-state index >= 15 is 0 Å². The number of nitrogens with zero attached hydrogens (tertiary/aromatic N) is 3. The number of nitrogens with one attached hydrogen (secondary N) is 1. The maximum atomic E-state index is 11.9. The van der Waals surface area contributed by atoms with Crippen LogP contribution in [0.5, 0.6) is 0 Å². The van der Waals surface area contributed by atoms with Gasteiger partial charge in [-0.15, -0.1) is 10.2 Å². The quantitative estimate of drug-likeness (QED) is 0.771. The second-order valence-electron chi connectivity index (χ2n) is 5.51. The van der Waals surface area contributed by atoms with E-state index in [9.17, 15) is 9.59 Å². The van der Waals surface area contributed by atoms with Crippen molar-refractivity contribution in [1.82, 2.24) is 20.1 Å². The summed E-state index contributed by atoms with van der Waals surface area (Å²) in [6.07, 6.45) is 2.18. The van der Waals surface area contributed by atoms with Gasteiger partial charge in [0, 0.05) is 20.0 Å². The van der Waals surface area contributed by atoms with Gasteiger partial charge in [-0.25, -0.2) is 0 Å². The maximum Gasteiger partial charge on any atom is 0.307 e. The Bertz CT molecular complexity index is 509. The van der Waals surface area contributed by atoms with E-state index in [2.05, 4.69) is 15.5 Å². The number of carbonyl (C=O) groups is 2. The Morgan fingerprint density at radius 1 is 1.47 bits per heavy atom. The largest absolute Gasteiger partial charge is 0.481 e. The smallest absolute Gasteiger partial charge is 0.307 e. The molecule has 104 valence electrons. The van der Waals surface area contributed by atoms with Gasteiger partial charge in [-0.05, 0) is 5.41 Å². The summed E-state index contributed by atoms with van der Waals surface area (Å²) < 4.78 is 1.78. The highest BCUT2D eigenvalue weighted by Gasteiger charge is 2.65. The minimum Gasteiger partial charge on any atom is -0.481 e. The molecule has 1 aromatic rings. The molecule has 0 unspecified atom stereocenters. The fourth-order valence-electron chi connectivity index (χ4n) is 2.53. The molecule has 7 heteroatoms. The predicted octanol–water partition coefficient (Wildman–Crippen LogP) is -0.169. The molecule has 2 atom stereocenters. The number of aliphatic carboxylic acids is 1. The SMILES string of the molecule is Cn1cnnc1CCNC(=O)[C@H]1[C@@H](C(=O)O)C1(C)C. The fraction of sp³-hybridized carbons (Fsp3) is 0.667. The third-order valence-electron chi connectivity index (χ3n) is 3.83. The zero-order valence-corrected chi connectivity index (χ0v) is 11.3. The summed E-state index contributed by atoms with van der Waals surface area (Å²) in [5.74, 6) is -1.34. The monoisotopic (exact) mass is 266 g/mol. The van der Waals surface area contributed by atoms with Gasteiger partial charge in [0.15, 0.2) is 0 Å². The Hall–Kier alpha value is -1.92.